The number of aromatic hydroxyl groups is 1. The van der Waals surface area contributed by atoms with Gasteiger partial charge in [-0.3, -0.25) is 0 Å². The largest absolute Gasteiger partial charge is 0.508 e. The Labute approximate surface area is 108 Å². The fourth-order valence-corrected chi connectivity index (χ4v) is 3.29. The van der Waals surface area contributed by atoms with Crippen LogP contribution >= 0.6 is 0 Å². The normalized spacial score (nSPS) is 17.8. The third-order valence-corrected chi connectivity index (χ3v) is 4.65. The van der Waals surface area contributed by atoms with E-state index in [1.807, 2.05) is 0 Å². The van der Waals surface area contributed by atoms with Gasteiger partial charge in [0, 0.05) is 25.2 Å². The molecule has 1 aliphatic heterocycles. The number of rotatable bonds is 4. The molecule has 1 heterocycles. The zero-order valence-electron chi connectivity index (χ0n) is 10.2. The molecule has 6 heteroatoms. The summed E-state index contributed by atoms with van der Waals surface area (Å²) in [6, 6.07) is 6.72. The zero-order chi connectivity index (χ0) is 13.0. The summed E-state index contributed by atoms with van der Waals surface area (Å²) in [6.45, 7) is 1.28. The lowest BCUT2D eigenvalue weighted by Crippen LogP contribution is -2.43. The molecule has 1 fully saturated rings. The van der Waals surface area contributed by atoms with E-state index in [4.69, 9.17) is 0 Å². The van der Waals surface area contributed by atoms with E-state index in [0.717, 1.165) is 19.3 Å². The Morgan fingerprint density at radius 2 is 1.83 bits per heavy atom. The summed E-state index contributed by atoms with van der Waals surface area (Å²) in [6.07, 6.45) is 2.92. The fraction of sp³-hybridized carbons (Fsp3) is 0.500. The SMILES string of the molecule is O=S(=O)(NCc1ccccc1O)N1CCCCC1. The van der Waals surface area contributed by atoms with E-state index < -0.39 is 10.2 Å². The van der Waals surface area contributed by atoms with Crippen LogP contribution in [0.25, 0.3) is 0 Å². The molecule has 0 aliphatic carbocycles. The maximum absolute atomic E-state index is 12.0. The Hall–Kier alpha value is -1.11. The van der Waals surface area contributed by atoms with E-state index in [9.17, 15) is 13.5 Å². The number of phenols is 1. The molecule has 0 spiro atoms. The number of benzene rings is 1. The van der Waals surface area contributed by atoms with E-state index >= 15 is 0 Å². The van der Waals surface area contributed by atoms with Gasteiger partial charge in [0.25, 0.3) is 10.2 Å². The van der Waals surface area contributed by atoms with Gasteiger partial charge in [0.05, 0.1) is 0 Å². The Morgan fingerprint density at radius 1 is 1.17 bits per heavy atom. The molecule has 0 saturated carbocycles. The summed E-state index contributed by atoms with van der Waals surface area (Å²) in [5.41, 5.74) is 0.582. The molecule has 2 rings (SSSR count). The highest BCUT2D eigenvalue weighted by Gasteiger charge is 2.23. The van der Waals surface area contributed by atoms with Gasteiger partial charge in [-0.25, -0.2) is 0 Å². The van der Waals surface area contributed by atoms with Crippen molar-refractivity contribution >= 4 is 10.2 Å². The van der Waals surface area contributed by atoms with Gasteiger partial charge in [0.2, 0.25) is 0 Å². The maximum atomic E-state index is 12.0. The number of para-hydroxylation sites is 1. The molecule has 1 aromatic rings. The molecule has 1 aliphatic rings. The Kier molecular flexibility index (Phi) is 4.21. The molecule has 1 saturated heterocycles. The predicted molar refractivity (Wildman–Crippen MR) is 69.3 cm³/mol. The molecule has 0 amide bonds. The monoisotopic (exact) mass is 270 g/mol. The number of nitrogens with zero attached hydrogens (tertiary/aromatic N) is 1. The summed E-state index contributed by atoms with van der Waals surface area (Å²) in [5, 5.41) is 9.57. The van der Waals surface area contributed by atoms with Gasteiger partial charge in [-0.2, -0.15) is 17.4 Å². The first-order valence-electron chi connectivity index (χ1n) is 6.11. The minimum atomic E-state index is -3.43. The van der Waals surface area contributed by atoms with Crippen molar-refractivity contribution in [2.75, 3.05) is 13.1 Å². The molecule has 18 heavy (non-hydrogen) atoms. The lowest BCUT2D eigenvalue weighted by Gasteiger charge is -2.25. The van der Waals surface area contributed by atoms with Crippen molar-refractivity contribution in [3.63, 3.8) is 0 Å². The first-order valence-corrected chi connectivity index (χ1v) is 7.55. The average Bonchev–Trinajstić information content (AvgIpc) is 2.39. The average molecular weight is 270 g/mol. The number of piperidine rings is 1. The summed E-state index contributed by atoms with van der Waals surface area (Å²) in [7, 11) is -3.43. The smallest absolute Gasteiger partial charge is 0.279 e. The van der Waals surface area contributed by atoms with Crippen LogP contribution < -0.4 is 4.72 Å². The molecule has 0 bridgehead atoms. The van der Waals surface area contributed by atoms with Crippen molar-refractivity contribution in [2.24, 2.45) is 0 Å². The lowest BCUT2D eigenvalue weighted by atomic mass is 10.2. The van der Waals surface area contributed by atoms with Crippen LogP contribution in [0.15, 0.2) is 24.3 Å². The third-order valence-electron chi connectivity index (χ3n) is 3.09. The highest BCUT2D eigenvalue weighted by Crippen LogP contribution is 2.16. The second-order valence-corrected chi connectivity index (χ2v) is 6.17. The fourth-order valence-electron chi connectivity index (χ4n) is 2.03. The van der Waals surface area contributed by atoms with Crippen LogP contribution in [-0.4, -0.2) is 30.9 Å². The summed E-state index contributed by atoms with van der Waals surface area (Å²) >= 11 is 0. The van der Waals surface area contributed by atoms with Gasteiger partial charge in [-0.1, -0.05) is 24.6 Å². The molecule has 100 valence electrons. The van der Waals surface area contributed by atoms with Crippen molar-refractivity contribution in [1.29, 1.82) is 0 Å². The van der Waals surface area contributed by atoms with Gasteiger partial charge >= 0.3 is 0 Å². The van der Waals surface area contributed by atoms with Crippen molar-refractivity contribution in [3.8, 4) is 5.75 Å². The van der Waals surface area contributed by atoms with Gasteiger partial charge < -0.3 is 5.11 Å². The minimum Gasteiger partial charge on any atom is -0.508 e. The van der Waals surface area contributed by atoms with Crippen LogP contribution in [0.3, 0.4) is 0 Å². The van der Waals surface area contributed by atoms with Crippen LogP contribution in [-0.2, 0) is 16.8 Å². The minimum absolute atomic E-state index is 0.110. The molecule has 2 N–H and O–H groups in total. The van der Waals surface area contributed by atoms with Crippen LogP contribution in [0, 0.1) is 0 Å². The van der Waals surface area contributed by atoms with E-state index in [1.165, 1.54) is 4.31 Å². The van der Waals surface area contributed by atoms with E-state index in [2.05, 4.69) is 4.72 Å². The molecule has 0 aromatic heterocycles. The quantitative estimate of drug-likeness (QED) is 0.864. The molecule has 0 radical (unpaired) electrons. The number of hydrogen-bond donors (Lipinski definition) is 2. The molecular formula is C12H18N2O3S. The Balaban J connectivity index is 1.98. The van der Waals surface area contributed by atoms with Gasteiger partial charge in [0.1, 0.15) is 5.75 Å². The number of nitrogens with one attached hydrogen (secondary N) is 1. The molecule has 0 atom stereocenters. The summed E-state index contributed by atoms with van der Waals surface area (Å²) < 4.78 is 28.0. The highest BCUT2D eigenvalue weighted by molar-refractivity contribution is 7.87. The van der Waals surface area contributed by atoms with Crippen LogP contribution in [0.5, 0.6) is 5.75 Å². The van der Waals surface area contributed by atoms with Gasteiger partial charge in [0.15, 0.2) is 0 Å². The van der Waals surface area contributed by atoms with Crippen molar-refractivity contribution in [2.45, 2.75) is 25.8 Å². The predicted octanol–water partition coefficient (Wildman–Crippen LogP) is 1.21. The molecular weight excluding hydrogens is 252 g/mol. The van der Waals surface area contributed by atoms with E-state index in [1.54, 1.807) is 24.3 Å². The maximum Gasteiger partial charge on any atom is 0.279 e. The van der Waals surface area contributed by atoms with Crippen molar-refractivity contribution in [3.05, 3.63) is 29.8 Å². The van der Waals surface area contributed by atoms with Crippen LogP contribution in [0.1, 0.15) is 24.8 Å². The first kappa shape index (κ1) is 13.3. The molecule has 0 unspecified atom stereocenters. The second kappa shape index (κ2) is 5.69. The lowest BCUT2D eigenvalue weighted by molar-refractivity contribution is 0.341. The van der Waals surface area contributed by atoms with Crippen molar-refractivity contribution in [1.82, 2.24) is 9.03 Å². The van der Waals surface area contributed by atoms with E-state index in [0.29, 0.717) is 18.7 Å². The Morgan fingerprint density at radius 3 is 2.50 bits per heavy atom. The number of phenolic OH excluding ortho intramolecular Hbond substituents is 1. The van der Waals surface area contributed by atoms with Gasteiger partial charge in [-0.05, 0) is 18.9 Å². The van der Waals surface area contributed by atoms with Crippen molar-refractivity contribution < 1.29 is 13.5 Å². The number of hydrogen-bond acceptors (Lipinski definition) is 3. The third kappa shape index (κ3) is 3.22. The molecule has 1 aromatic carbocycles. The topological polar surface area (TPSA) is 69.6 Å². The molecule has 5 nitrogen and oxygen atoms in total. The summed E-state index contributed by atoms with van der Waals surface area (Å²) in [4.78, 5) is 0. The Bertz CT molecular complexity index is 496. The highest BCUT2D eigenvalue weighted by atomic mass is 32.2. The first-order chi connectivity index (χ1) is 8.59. The van der Waals surface area contributed by atoms with Gasteiger partial charge in [-0.15, -0.1) is 0 Å². The van der Waals surface area contributed by atoms with Crippen LogP contribution in [0.4, 0.5) is 0 Å². The zero-order valence-corrected chi connectivity index (χ0v) is 11.0. The summed E-state index contributed by atoms with van der Waals surface area (Å²) in [5.74, 6) is 0.110. The van der Waals surface area contributed by atoms with Crippen LogP contribution in [0.2, 0.25) is 0 Å². The second-order valence-electron chi connectivity index (χ2n) is 4.41. The van der Waals surface area contributed by atoms with E-state index in [-0.39, 0.29) is 12.3 Å². The standard InChI is InChI=1S/C12H18N2O3S/c15-12-7-3-2-6-11(12)10-13-18(16,17)14-8-4-1-5-9-14/h2-3,6-7,13,15H,1,4-5,8-10H2.